The Balaban J connectivity index is 1.31. The average Bonchev–Trinajstić information content (AvgIpc) is 3.71. The highest BCUT2D eigenvalue weighted by atomic mass is 16.6. The molecule has 2 aromatic heterocycles. The van der Waals surface area contributed by atoms with E-state index < -0.39 is 17.5 Å². The Bertz CT molecular complexity index is 2120. The number of aromatic nitrogens is 2. The van der Waals surface area contributed by atoms with Crippen molar-refractivity contribution in [3.05, 3.63) is 95.6 Å². The summed E-state index contributed by atoms with van der Waals surface area (Å²) in [5, 5.41) is 4.67. The van der Waals surface area contributed by atoms with Gasteiger partial charge in [-0.25, -0.2) is 9.59 Å². The highest BCUT2D eigenvalue weighted by molar-refractivity contribution is 6.13. The topological polar surface area (TPSA) is 96.5 Å². The predicted octanol–water partition coefficient (Wildman–Crippen LogP) is 5.42. The van der Waals surface area contributed by atoms with Crippen LogP contribution in [0.2, 0.25) is 0 Å². The number of esters is 2. The van der Waals surface area contributed by atoms with Gasteiger partial charge in [-0.2, -0.15) is 0 Å². The molecule has 0 atom stereocenters. The van der Waals surface area contributed by atoms with Gasteiger partial charge < -0.3 is 19.4 Å². The summed E-state index contributed by atoms with van der Waals surface area (Å²) in [6.45, 7) is 3.67. The summed E-state index contributed by atoms with van der Waals surface area (Å²) >= 11 is 0. The van der Waals surface area contributed by atoms with Crippen LogP contribution in [0.1, 0.15) is 13.8 Å². The maximum Gasteiger partial charge on any atom is 0.349 e. The molecule has 2 N–H and O–H groups in total. The molecule has 1 aliphatic rings. The Morgan fingerprint density at radius 1 is 0.707 bits per heavy atom. The van der Waals surface area contributed by atoms with E-state index in [0.717, 1.165) is 49.6 Å². The van der Waals surface area contributed by atoms with Crippen LogP contribution >= 0.6 is 0 Å². The molecule has 0 unspecified atom stereocenters. The Labute approximate surface area is 235 Å². The second-order valence-corrected chi connectivity index (χ2v) is 10.2. The van der Waals surface area contributed by atoms with Gasteiger partial charge in [0.05, 0.1) is 18.6 Å². The summed E-state index contributed by atoms with van der Waals surface area (Å²) in [4.78, 5) is 37.0. The summed E-state index contributed by atoms with van der Waals surface area (Å²) in [6, 6.07) is 27.1. The van der Waals surface area contributed by atoms with E-state index in [1.807, 2.05) is 24.4 Å². The molecule has 7 rings (SSSR count). The van der Waals surface area contributed by atoms with Crippen molar-refractivity contribution in [2.45, 2.75) is 19.4 Å². The van der Waals surface area contributed by atoms with Gasteiger partial charge in [-0.3, -0.25) is 4.99 Å². The first-order valence-electron chi connectivity index (χ1n) is 13.7. The van der Waals surface area contributed by atoms with Crippen LogP contribution in [0.15, 0.2) is 90.1 Å². The number of ether oxygens (including phenoxy) is 2. The largest absolute Gasteiger partial charge is 0.463 e. The Kier molecular flexibility index (Phi) is 5.75. The highest BCUT2D eigenvalue weighted by Gasteiger charge is 2.48. The number of hydrogen-bond donors (Lipinski definition) is 2. The molecule has 7 heteroatoms. The van der Waals surface area contributed by atoms with E-state index in [1.165, 1.54) is 5.39 Å². The monoisotopic (exact) mass is 541 g/mol. The second kappa shape index (κ2) is 9.48. The molecular formula is C34H27N3O4. The molecule has 0 saturated carbocycles. The summed E-state index contributed by atoms with van der Waals surface area (Å²) in [6.07, 6.45) is 3.51. The Morgan fingerprint density at radius 3 is 1.90 bits per heavy atom. The van der Waals surface area contributed by atoms with Crippen LogP contribution in [0.25, 0.3) is 61.0 Å². The van der Waals surface area contributed by atoms with E-state index in [1.54, 1.807) is 19.9 Å². The van der Waals surface area contributed by atoms with Crippen LogP contribution in [0.5, 0.6) is 0 Å². The molecule has 4 aromatic carbocycles. The number of carbonyl (C=O) groups excluding carboxylic acids is 2. The van der Waals surface area contributed by atoms with Crippen LogP contribution in [0, 0.1) is 0 Å². The van der Waals surface area contributed by atoms with Gasteiger partial charge in [0.1, 0.15) is 0 Å². The van der Waals surface area contributed by atoms with Gasteiger partial charge >= 0.3 is 11.9 Å². The summed E-state index contributed by atoms with van der Waals surface area (Å²) in [7, 11) is 0. The van der Waals surface area contributed by atoms with Gasteiger partial charge in [-0.15, -0.1) is 0 Å². The third-order valence-electron chi connectivity index (χ3n) is 7.68. The average molecular weight is 542 g/mol. The highest BCUT2D eigenvalue weighted by Crippen LogP contribution is 2.33. The van der Waals surface area contributed by atoms with Crippen molar-refractivity contribution in [3.63, 3.8) is 0 Å². The fraction of sp³-hybridized carbons (Fsp3) is 0.147. The zero-order valence-electron chi connectivity index (χ0n) is 22.7. The molecule has 3 heterocycles. The van der Waals surface area contributed by atoms with Crippen molar-refractivity contribution in [2.24, 2.45) is 4.99 Å². The number of rotatable bonds is 6. The molecule has 0 amide bonds. The van der Waals surface area contributed by atoms with E-state index >= 15 is 0 Å². The van der Waals surface area contributed by atoms with Gasteiger partial charge in [-0.05, 0) is 107 Å². The van der Waals surface area contributed by atoms with Gasteiger partial charge in [0, 0.05) is 33.5 Å². The molecule has 0 aliphatic carbocycles. The molecule has 202 valence electrons. The minimum absolute atomic E-state index is 0.137. The number of fused-ring (bicyclic) bond motifs is 5. The molecule has 0 saturated heterocycles. The lowest BCUT2D eigenvalue weighted by Crippen LogP contribution is -2.45. The first-order chi connectivity index (χ1) is 20.0. The van der Waals surface area contributed by atoms with E-state index in [4.69, 9.17) is 9.47 Å². The van der Waals surface area contributed by atoms with Crippen molar-refractivity contribution >= 4 is 50.7 Å². The normalized spacial score (nSPS) is 13.6. The maximum atomic E-state index is 12.9. The first-order valence-corrected chi connectivity index (χ1v) is 13.7. The SMILES string of the molecule is CCOC(=O)C1(C(=O)OCC)C=c2cc(-c3ccc4[nH]c5ccc(-c6ccc7[nH]ccc7c6)cc5c4c3)ccc2=N1. The first kappa shape index (κ1) is 24.8. The molecule has 0 bridgehead atoms. The van der Waals surface area contributed by atoms with Gasteiger partial charge in [0.25, 0.3) is 5.54 Å². The molecular weight excluding hydrogens is 514 g/mol. The molecule has 0 radical (unpaired) electrons. The molecule has 1 aliphatic heterocycles. The van der Waals surface area contributed by atoms with Crippen LogP contribution in [-0.4, -0.2) is 40.7 Å². The van der Waals surface area contributed by atoms with E-state index in [-0.39, 0.29) is 13.2 Å². The molecule has 0 fully saturated rings. The number of aromatic amines is 2. The quantitative estimate of drug-likeness (QED) is 0.218. The van der Waals surface area contributed by atoms with Crippen molar-refractivity contribution in [2.75, 3.05) is 13.2 Å². The standard InChI is InChI=1S/C34H27N3O4/c1-3-40-32(38)34(33(39)41-4-2)19-25-16-21(6-10-29(25)37-34)23-8-12-31-27(18-23)26-17-22(7-11-30(26)36-31)20-5-9-28-24(15-20)13-14-35-28/h5-19,35-36H,3-4H2,1-2H3. The molecule has 7 nitrogen and oxygen atoms in total. The zero-order chi connectivity index (χ0) is 28.1. The smallest absolute Gasteiger partial charge is 0.349 e. The van der Waals surface area contributed by atoms with Crippen LogP contribution in [0.4, 0.5) is 0 Å². The lowest BCUT2D eigenvalue weighted by Gasteiger charge is -2.19. The van der Waals surface area contributed by atoms with Crippen molar-refractivity contribution in [1.82, 2.24) is 9.97 Å². The second-order valence-electron chi connectivity index (χ2n) is 10.2. The molecule has 6 aromatic rings. The van der Waals surface area contributed by atoms with E-state index in [0.29, 0.717) is 10.6 Å². The number of hydrogen-bond acceptors (Lipinski definition) is 5. The van der Waals surface area contributed by atoms with Gasteiger partial charge in [0.15, 0.2) is 0 Å². The third-order valence-corrected chi connectivity index (χ3v) is 7.68. The third kappa shape index (κ3) is 4.00. The number of H-pyrrole nitrogens is 2. The Morgan fingerprint density at radius 2 is 1.27 bits per heavy atom. The van der Waals surface area contributed by atoms with Crippen molar-refractivity contribution in [1.29, 1.82) is 0 Å². The molecule has 41 heavy (non-hydrogen) atoms. The molecule has 0 spiro atoms. The minimum Gasteiger partial charge on any atom is -0.463 e. The summed E-state index contributed by atoms with van der Waals surface area (Å²) < 4.78 is 10.4. The van der Waals surface area contributed by atoms with Gasteiger partial charge in [-0.1, -0.05) is 24.3 Å². The Hall–Kier alpha value is -5.17. The van der Waals surface area contributed by atoms with E-state index in [2.05, 4.69) is 75.6 Å². The lowest BCUT2D eigenvalue weighted by atomic mass is 9.98. The zero-order valence-corrected chi connectivity index (χ0v) is 22.7. The van der Waals surface area contributed by atoms with E-state index in [9.17, 15) is 9.59 Å². The summed E-state index contributed by atoms with van der Waals surface area (Å²) in [5.41, 5.74) is 5.68. The maximum absolute atomic E-state index is 12.9. The minimum atomic E-state index is -1.83. The van der Waals surface area contributed by atoms with Crippen LogP contribution in [0.3, 0.4) is 0 Å². The fourth-order valence-corrected chi connectivity index (χ4v) is 5.66. The number of nitrogens with zero attached hydrogens (tertiary/aromatic N) is 1. The number of nitrogens with one attached hydrogen (secondary N) is 2. The van der Waals surface area contributed by atoms with Crippen LogP contribution < -0.4 is 10.6 Å². The number of benzene rings is 4. The fourth-order valence-electron chi connectivity index (χ4n) is 5.66. The number of carbonyl (C=O) groups is 2. The lowest BCUT2D eigenvalue weighted by molar-refractivity contribution is -0.160. The van der Waals surface area contributed by atoms with Crippen molar-refractivity contribution < 1.29 is 19.1 Å². The van der Waals surface area contributed by atoms with Crippen molar-refractivity contribution in [3.8, 4) is 22.3 Å². The summed E-state index contributed by atoms with van der Waals surface area (Å²) in [5.74, 6) is -1.47. The van der Waals surface area contributed by atoms with Gasteiger partial charge in [0.2, 0.25) is 0 Å². The van der Waals surface area contributed by atoms with Crippen LogP contribution in [-0.2, 0) is 19.1 Å². The predicted molar refractivity (Wildman–Crippen MR) is 160 cm³/mol.